The van der Waals surface area contributed by atoms with E-state index in [9.17, 15) is 18.0 Å². The van der Waals surface area contributed by atoms with E-state index in [4.69, 9.17) is 10.00 Å². The molecule has 0 saturated heterocycles. The fourth-order valence-electron chi connectivity index (χ4n) is 1.57. The Balaban J connectivity index is 3.12. The molecule has 1 aromatic carbocycles. The molecule has 3 nitrogen and oxygen atoms in total. The number of benzene rings is 1. The molecule has 0 amide bonds. The summed E-state index contributed by atoms with van der Waals surface area (Å²) in [5, 5.41) is 8.95. The first-order chi connectivity index (χ1) is 9.26. The molecule has 1 aromatic rings. The minimum absolute atomic E-state index is 0.0733. The van der Waals surface area contributed by atoms with Gasteiger partial charge in [-0.05, 0) is 48.9 Å². The lowest BCUT2D eigenvalue weighted by Gasteiger charge is -2.12. The number of hydrogen-bond donors (Lipinski definition) is 0. The van der Waals surface area contributed by atoms with Crippen LogP contribution >= 0.6 is 11.8 Å². The quantitative estimate of drug-likeness (QED) is 0.630. The minimum atomic E-state index is -4.44. The Kier molecular flexibility index (Phi) is 5.45. The van der Waals surface area contributed by atoms with Gasteiger partial charge in [0.1, 0.15) is 0 Å². The number of hydrogen-bond acceptors (Lipinski definition) is 4. The lowest BCUT2D eigenvalue weighted by Crippen LogP contribution is -2.08. The Hall–Kier alpha value is -1.68. The smallest absolute Gasteiger partial charge is 0.446 e. The van der Waals surface area contributed by atoms with E-state index < -0.39 is 11.5 Å². The average molecular weight is 303 g/mol. The molecule has 0 spiro atoms. The van der Waals surface area contributed by atoms with Crippen molar-refractivity contribution in [3.63, 3.8) is 0 Å². The van der Waals surface area contributed by atoms with Crippen molar-refractivity contribution in [2.24, 2.45) is 0 Å². The van der Waals surface area contributed by atoms with Crippen molar-refractivity contribution in [3.8, 4) is 6.07 Å². The molecular weight excluding hydrogens is 291 g/mol. The summed E-state index contributed by atoms with van der Waals surface area (Å²) in [6, 6.07) is 4.51. The second-order valence-corrected chi connectivity index (χ2v) is 5.01. The number of rotatable bonds is 4. The molecule has 1 rings (SSSR count). The molecule has 108 valence electrons. The van der Waals surface area contributed by atoms with Gasteiger partial charge in [0.25, 0.3) is 0 Å². The predicted octanol–water partition coefficient (Wildman–Crippen LogP) is 3.58. The van der Waals surface area contributed by atoms with Gasteiger partial charge in [-0.15, -0.1) is 0 Å². The highest BCUT2D eigenvalue weighted by atomic mass is 32.2. The van der Waals surface area contributed by atoms with Crippen molar-refractivity contribution in [1.82, 2.24) is 0 Å². The van der Waals surface area contributed by atoms with Crippen LogP contribution in [0, 0.1) is 18.3 Å². The first-order valence-electron chi connectivity index (χ1n) is 5.71. The van der Waals surface area contributed by atoms with Crippen molar-refractivity contribution >= 4 is 17.7 Å². The molecule has 0 aliphatic heterocycles. The van der Waals surface area contributed by atoms with Crippen molar-refractivity contribution in [2.75, 3.05) is 6.61 Å². The number of thioether (sulfide) groups is 1. The molecule has 0 heterocycles. The summed E-state index contributed by atoms with van der Waals surface area (Å²) in [6.45, 7) is 3.28. The highest BCUT2D eigenvalue weighted by Gasteiger charge is 2.30. The van der Waals surface area contributed by atoms with Crippen LogP contribution in [0.3, 0.4) is 0 Å². The Labute approximate surface area is 118 Å². The monoisotopic (exact) mass is 303 g/mol. The van der Waals surface area contributed by atoms with E-state index in [0.29, 0.717) is 5.56 Å². The number of nitrogens with zero attached hydrogens (tertiary/aromatic N) is 1. The minimum Gasteiger partial charge on any atom is -0.466 e. The zero-order chi connectivity index (χ0) is 15.3. The molecule has 0 aliphatic carbocycles. The molecule has 0 N–H and O–H groups in total. The van der Waals surface area contributed by atoms with Gasteiger partial charge in [-0.3, -0.25) is 4.79 Å². The van der Waals surface area contributed by atoms with Crippen molar-refractivity contribution < 1.29 is 22.7 Å². The first-order valence-corrected chi connectivity index (χ1v) is 6.53. The number of ether oxygens (including phenoxy) is 1. The van der Waals surface area contributed by atoms with E-state index in [0.717, 1.165) is 0 Å². The Morgan fingerprint density at radius 3 is 2.60 bits per heavy atom. The normalized spacial score (nSPS) is 11.0. The van der Waals surface area contributed by atoms with Crippen molar-refractivity contribution in [2.45, 2.75) is 30.7 Å². The standard InChI is InChI=1S/C13H12F3NO2S/c1-3-19-12(18)6-9-4-10(7-17)8(2)11(5-9)20-13(14,15)16/h4-5H,3,6H2,1-2H3. The molecule has 0 fully saturated rings. The van der Waals surface area contributed by atoms with E-state index in [2.05, 4.69) is 0 Å². The Morgan fingerprint density at radius 1 is 1.45 bits per heavy atom. The van der Waals surface area contributed by atoms with Gasteiger partial charge in [-0.1, -0.05) is 0 Å². The summed E-state index contributed by atoms with van der Waals surface area (Å²) in [5.41, 5.74) is -3.74. The van der Waals surface area contributed by atoms with Crippen LogP contribution in [0.2, 0.25) is 0 Å². The third-order valence-electron chi connectivity index (χ3n) is 2.42. The van der Waals surface area contributed by atoms with E-state index in [-0.39, 0.29) is 40.8 Å². The SMILES string of the molecule is CCOC(=O)Cc1cc(C#N)c(C)c(SC(F)(F)F)c1. The van der Waals surface area contributed by atoms with Crippen LogP contribution in [0.25, 0.3) is 0 Å². The Morgan fingerprint density at radius 2 is 2.10 bits per heavy atom. The number of halogens is 3. The lowest BCUT2D eigenvalue weighted by atomic mass is 10.0. The highest BCUT2D eigenvalue weighted by Crippen LogP contribution is 2.39. The summed E-state index contributed by atoms with van der Waals surface area (Å²) >= 11 is -0.292. The molecule has 0 aromatic heterocycles. The maximum Gasteiger partial charge on any atom is 0.446 e. The maximum atomic E-state index is 12.5. The lowest BCUT2D eigenvalue weighted by molar-refractivity contribution is -0.142. The van der Waals surface area contributed by atoms with Crippen LogP contribution < -0.4 is 0 Å². The fraction of sp³-hybridized carbons (Fsp3) is 0.385. The molecule has 20 heavy (non-hydrogen) atoms. The number of nitriles is 1. The topological polar surface area (TPSA) is 50.1 Å². The van der Waals surface area contributed by atoms with Gasteiger partial charge in [0, 0.05) is 4.90 Å². The largest absolute Gasteiger partial charge is 0.466 e. The highest BCUT2D eigenvalue weighted by molar-refractivity contribution is 8.00. The predicted molar refractivity (Wildman–Crippen MR) is 68.1 cm³/mol. The van der Waals surface area contributed by atoms with E-state index in [1.54, 1.807) is 6.92 Å². The zero-order valence-corrected chi connectivity index (χ0v) is 11.7. The van der Waals surface area contributed by atoms with Gasteiger partial charge in [0.2, 0.25) is 0 Å². The third-order valence-corrected chi connectivity index (χ3v) is 3.30. The van der Waals surface area contributed by atoms with E-state index in [1.165, 1.54) is 19.1 Å². The molecule has 0 unspecified atom stereocenters. The number of alkyl halides is 3. The maximum absolute atomic E-state index is 12.5. The van der Waals surface area contributed by atoms with Gasteiger partial charge >= 0.3 is 11.5 Å². The Bertz CT molecular complexity index is 550. The van der Waals surface area contributed by atoms with Crippen LogP contribution in [-0.4, -0.2) is 18.1 Å². The second kappa shape index (κ2) is 6.66. The molecule has 0 radical (unpaired) electrons. The molecule has 0 atom stereocenters. The van der Waals surface area contributed by atoms with Gasteiger partial charge in [-0.2, -0.15) is 18.4 Å². The first kappa shape index (κ1) is 16.4. The fourth-order valence-corrected chi connectivity index (χ4v) is 2.29. The molecule has 0 bridgehead atoms. The second-order valence-electron chi connectivity index (χ2n) is 3.91. The van der Waals surface area contributed by atoms with Crippen molar-refractivity contribution in [3.05, 3.63) is 28.8 Å². The van der Waals surface area contributed by atoms with Crippen LogP contribution in [0.5, 0.6) is 0 Å². The summed E-state index contributed by atoms with van der Waals surface area (Å²) in [5.74, 6) is -0.539. The van der Waals surface area contributed by atoms with Gasteiger partial charge < -0.3 is 4.74 Å². The van der Waals surface area contributed by atoms with Crippen LogP contribution in [0.1, 0.15) is 23.6 Å². The average Bonchev–Trinajstić information content (AvgIpc) is 2.31. The zero-order valence-electron chi connectivity index (χ0n) is 10.9. The molecule has 0 saturated carbocycles. The van der Waals surface area contributed by atoms with Crippen molar-refractivity contribution in [1.29, 1.82) is 5.26 Å². The van der Waals surface area contributed by atoms with Gasteiger partial charge in [0.05, 0.1) is 24.7 Å². The van der Waals surface area contributed by atoms with Crippen LogP contribution in [-0.2, 0) is 16.0 Å². The van der Waals surface area contributed by atoms with Crippen LogP contribution in [0.4, 0.5) is 13.2 Å². The number of carbonyl (C=O) groups excluding carboxylic acids is 1. The number of esters is 1. The number of carbonyl (C=O) groups is 1. The summed E-state index contributed by atoms with van der Waals surface area (Å²) in [6.07, 6.45) is -0.159. The molecule has 0 aliphatic rings. The molecular formula is C13H12F3NO2S. The summed E-state index contributed by atoms with van der Waals surface area (Å²) in [4.78, 5) is 11.3. The van der Waals surface area contributed by atoms with E-state index >= 15 is 0 Å². The molecule has 7 heteroatoms. The van der Waals surface area contributed by atoms with Crippen LogP contribution in [0.15, 0.2) is 17.0 Å². The van der Waals surface area contributed by atoms with Gasteiger partial charge in [-0.25, -0.2) is 0 Å². The summed E-state index contributed by atoms with van der Waals surface area (Å²) in [7, 11) is 0. The summed E-state index contributed by atoms with van der Waals surface area (Å²) < 4.78 is 42.1. The van der Waals surface area contributed by atoms with E-state index in [1.807, 2.05) is 6.07 Å². The third kappa shape index (κ3) is 4.78. The van der Waals surface area contributed by atoms with Gasteiger partial charge in [0.15, 0.2) is 0 Å².